The van der Waals surface area contributed by atoms with Crippen LogP contribution in [0.1, 0.15) is 31.9 Å². The van der Waals surface area contributed by atoms with Gasteiger partial charge in [0.25, 0.3) is 10.0 Å². The summed E-state index contributed by atoms with van der Waals surface area (Å²) in [5.74, 6) is -0.893. The van der Waals surface area contributed by atoms with E-state index in [1.54, 1.807) is 60.7 Å². The van der Waals surface area contributed by atoms with Crippen molar-refractivity contribution >= 4 is 55.1 Å². The summed E-state index contributed by atoms with van der Waals surface area (Å²) in [7, 11) is -4.16. The van der Waals surface area contributed by atoms with Crippen LogP contribution < -0.4 is 9.62 Å². The minimum absolute atomic E-state index is 0.0357. The second-order valence-electron chi connectivity index (χ2n) is 11.4. The Kier molecular flexibility index (Phi) is 10.9. The second-order valence-corrected chi connectivity index (χ2v) is 14.6. The molecule has 0 saturated carbocycles. The highest BCUT2D eigenvalue weighted by Crippen LogP contribution is 2.27. The van der Waals surface area contributed by atoms with Gasteiger partial charge >= 0.3 is 0 Å². The number of benzene rings is 4. The Labute approximate surface area is 273 Å². The molecule has 1 atom stereocenters. The van der Waals surface area contributed by atoms with Gasteiger partial charge in [0.1, 0.15) is 12.6 Å². The molecule has 0 aliphatic rings. The number of nitrogens with one attached hydrogen (secondary N) is 1. The highest BCUT2D eigenvalue weighted by atomic mass is 79.9. The normalized spacial score (nSPS) is 12.3. The van der Waals surface area contributed by atoms with Gasteiger partial charge in [-0.25, -0.2) is 8.42 Å². The van der Waals surface area contributed by atoms with Crippen molar-refractivity contribution in [2.75, 3.05) is 10.8 Å². The number of nitrogens with zero attached hydrogens (tertiary/aromatic N) is 2. The molecule has 2 amide bonds. The van der Waals surface area contributed by atoms with E-state index < -0.39 is 34.1 Å². The summed E-state index contributed by atoms with van der Waals surface area (Å²) in [5, 5.41) is 3.51. The van der Waals surface area contributed by atoms with Crippen molar-refractivity contribution < 1.29 is 18.0 Å². The largest absolute Gasteiger partial charge is 0.350 e. The maximum atomic E-state index is 14.5. The van der Waals surface area contributed by atoms with Crippen LogP contribution in [0.4, 0.5) is 5.69 Å². The van der Waals surface area contributed by atoms with Crippen molar-refractivity contribution in [2.45, 2.75) is 50.2 Å². The SMILES string of the molecule is CC(C)(C)NC(=O)C(Cc1ccccc1)N(Cc1cccc(Cl)c1)C(=O)CN(c1ccc(Br)cc1)S(=O)(=O)c1ccccc1. The third-order valence-corrected chi connectivity index (χ3v) is 9.29. The molecule has 0 aliphatic heterocycles. The first kappa shape index (κ1) is 33.2. The maximum Gasteiger partial charge on any atom is 0.264 e. The van der Waals surface area contributed by atoms with Crippen LogP contribution in [0, 0.1) is 0 Å². The van der Waals surface area contributed by atoms with E-state index in [4.69, 9.17) is 11.6 Å². The van der Waals surface area contributed by atoms with Gasteiger partial charge in [0.2, 0.25) is 11.8 Å². The Morgan fingerprint density at radius 1 is 0.841 bits per heavy atom. The average Bonchev–Trinajstić information content (AvgIpc) is 2.98. The molecule has 4 rings (SSSR count). The molecule has 0 aromatic heterocycles. The molecule has 4 aromatic carbocycles. The standard InChI is InChI=1S/C34H35BrClN3O4S/c1-34(2,3)37-33(41)31(22-25-11-6-4-7-12-25)38(23-26-13-10-14-28(36)21-26)32(40)24-39(29-19-17-27(35)18-20-29)44(42,43)30-15-8-5-9-16-30/h4-21,31H,22-24H2,1-3H3,(H,37,41). The second kappa shape index (κ2) is 14.4. The van der Waals surface area contributed by atoms with Gasteiger partial charge in [-0.3, -0.25) is 13.9 Å². The first-order valence-corrected chi connectivity index (χ1v) is 16.7. The van der Waals surface area contributed by atoms with Crippen molar-refractivity contribution in [1.82, 2.24) is 10.2 Å². The summed E-state index contributed by atoms with van der Waals surface area (Å²) in [6, 6.07) is 30.2. The lowest BCUT2D eigenvalue weighted by atomic mass is 10.0. The van der Waals surface area contributed by atoms with E-state index in [0.717, 1.165) is 14.3 Å². The van der Waals surface area contributed by atoms with Crippen LogP contribution in [0.2, 0.25) is 5.02 Å². The average molecular weight is 697 g/mol. The lowest BCUT2D eigenvalue weighted by molar-refractivity contribution is -0.140. The smallest absolute Gasteiger partial charge is 0.264 e. The molecule has 0 aliphatic carbocycles. The van der Waals surface area contributed by atoms with E-state index in [1.807, 2.05) is 57.2 Å². The summed E-state index contributed by atoms with van der Waals surface area (Å²) in [6.45, 7) is 5.11. The summed E-state index contributed by atoms with van der Waals surface area (Å²) in [4.78, 5) is 29.9. The van der Waals surface area contributed by atoms with Crippen molar-refractivity contribution in [3.63, 3.8) is 0 Å². The highest BCUT2D eigenvalue weighted by molar-refractivity contribution is 9.10. The van der Waals surface area contributed by atoms with Gasteiger partial charge < -0.3 is 10.2 Å². The van der Waals surface area contributed by atoms with Gasteiger partial charge in [0.15, 0.2) is 0 Å². The monoisotopic (exact) mass is 695 g/mol. The van der Waals surface area contributed by atoms with Gasteiger partial charge in [-0.15, -0.1) is 0 Å². The molecule has 1 unspecified atom stereocenters. The van der Waals surface area contributed by atoms with E-state index in [0.29, 0.717) is 16.3 Å². The number of carbonyl (C=O) groups is 2. The first-order chi connectivity index (χ1) is 20.8. The molecule has 10 heteroatoms. The van der Waals surface area contributed by atoms with E-state index >= 15 is 0 Å². The Balaban J connectivity index is 1.81. The van der Waals surface area contributed by atoms with Crippen molar-refractivity contribution in [3.8, 4) is 0 Å². The van der Waals surface area contributed by atoms with Crippen LogP contribution in [-0.2, 0) is 32.6 Å². The minimum Gasteiger partial charge on any atom is -0.350 e. The molecule has 7 nitrogen and oxygen atoms in total. The topological polar surface area (TPSA) is 86.8 Å². The fourth-order valence-electron chi connectivity index (χ4n) is 4.69. The zero-order valence-corrected chi connectivity index (χ0v) is 27.9. The Bertz CT molecular complexity index is 1680. The number of hydrogen-bond acceptors (Lipinski definition) is 4. The van der Waals surface area contributed by atoms with Crippen LogP contribution in [0.25, 0.3) is 0 Å². The lowest BCUT2D eigenvalue weighted by Crippen LogP contribution is -2.56. The molecule has 0 heterocycles. The van der Waals surface area contributed by atoms with E-state index in [9.17, 15) is 18.0 Å². The molecule has 4 aromatic rings. The highest BCUT2D eigenvalue weighted by Gasteiger charge is 2.35. The number of carbonyl (C=O) groups excluding carboxylic acids is 2. The van der Waals surface area contributed by atoms with Crippen molar-refractivity contribution in [3.05, 3.63) is 130 Å². The van der Waals surface area contributed by atoms with Crippen molar-refractivity contribution in [2.24, 2.45) is 0 Å². The number of anilines is 1. The molecule has 44 heavy (non-hydrogen) atoms. The number of amides is 2. The summed E-state index contributed by atoms with van der Waals surface area (Å²) >= 11 is 9.70. The van der Waals surface area contributed by atoms with Gasteiger partial charge in [-0.2, -0.15) is 0 Å². The van der Waals surface area contributed by atoms with Gasteiger partial charge in [0, 0.05) is 28.0 Å². The number of rotatable bonds is 11. The van der Waals surface area contributed by atoms with Crippen molar-refractivity contribution in [1.29, 1.82) is 0 Å². The summed E-state index contributed by atoms with van der Waals surface area (Å²) in [5.41, 5.74) is 1.30. The Hall–Kier alpha value is -3.66. The maximum absolute atomic E-state index is 14.5. The summed E-state index contributed by atoms with van der Waals surface area (Å²) in [6.07, 6.45) is 0.221. The van der Waals surface area contributed by atoms with Gasteiger partial charge in [0.05, 0.1) is 10.6 Å². The minimum atomic E-state index is -4.16. The molecular formula is C34H35BrClN3O4S. The quantitative estimate of drug-likeness (QED) is 0.186. The number of halogens is 2. The van der Waals surface area contributed by atoms with Crippen LogP contribution in [-0.4, -0.2) is 43.3 Å². The molecule has 1 N–H and O–H groups in total. The fourth-order valence-corrected chi connectivity index (χ4v) is 6.61. The fraction of sp³-hybridized carbons (Fsp3) is 0.235. The van der Waals surface area contributed by atoms with E-state index in [-0.39, 0.29) is 23.8 Å². The molecule has 0 saturated heterocycles. The number of sulfonamides is 1. The molecular weight excluding hydrogens is 662 g/mol. The number of hydrogen-bond donors (Lipinski definition) is 1. The first-order valence-electron chi connectivity index (χ1n) is 14.1. The molecule has 0 radical (unpaired) electrons. The van der Waals surface area contributed by atoms with E-state index in [1.165, 1.54) is 17.0 Å². The molecule has 230 valence electrons. The van der Waals surface area contributed by atoms with E-state index in [2.05, 4.69) is 21.2 Å². The van der Waals surface area contributed by atoms with Crippen LogP contribution in [0.5, 0.6) is 0 Å². The van der Waals surface area contributed by atoms with Crippen LogP contribution in [0.3, 0.4) is 0 Å². The van der Waals surface area contributed by atoms with Crippen LogP contribution >= 0.6 is 27.5 Å². The lowest BCUT2D eigenvalue weighted by Gasteiger charge is -2.35. The van der Waals surface area contributed by atoms with Crippen LogP contribution in [0.15, 0.2) is 119 Å². The zero-order chi connectivity index (χ0) is 31.9. The Morgan fingerprint density at radius 2 is 1.43 bits per heavy atom. The molecule has 0 fully saturated rings. The predicted molar refractivity (Wildman–Crippen MR) is 179 cm³/mol. The molecule has 0 spiro atoms. The van der Waals surface area contributed by atoms with Gasteiger partial charge in [-0.05, 0) is 80.4 Å². The third-order valence-electron chi connectivity index (χ3n) is 6.74. The Morgan fingerprint density at radius 3 is 2.02 bits per heavy atom. The predicted octanol–water partition coefficient (Wildman–Crippen LogP) is 6.85. The summed E-state index contributed by atoms with van der Waals surface area (Å²) < 4.78 is 29.9. The van der Waals surface area contributed by atoms with Gasteiger partial charge in [-0.1, -0.05) is 88.2 Å². The third kappa shape index (κ3) is 8.94. The molecule has 0 bridgehead atoms. The zero-order valence-electron chi connectivity index (χ0n) is 24.8.